The molecular formula is C15H24N4O2. The van der Waals surface area contributed by atoms with Crippen LogP contribution in [0.5, 0.6) is 5.75 Å². The fourth-order valence-corrected chi connectivity index (χ4v) is 2.57. The zero-order valence-electron chi connectivity index (χ0n) is 12.7. The van der Waals surface area contributed by atoms with Crippen LogP contribution >= 0.6 is 0 Å². The predicted molar refractivity (Wildman–Crippen MR) is 83.0 cm³/mol. The van der Waals surface area contributed by atoms with Gasteiger partial charge in [-0.15, -0.1) is 0 Å². The highest BCUT2D eigenvalue weighted by atomic mass is 16.5. The van der Waals surface area contributed by atoms with Crippen LogP contribution in [-0.4, -0.2) is 66.7 Å². The standard InChI is InChI=1S/C15H24N4O2/c1-12-11-18(2)7-8-19(12)9-10-21-14-5-3-13(4-6-14)15(16)17-20/h3-6,12,20H,7-11H2,1-2H3,(H2,16,17). The minimum Gasteiger partial charge on any atom is -0.492 e. The lowest BCUT2D eigenvalue weighted by Crippen LogP contribution is -2.51. The van der Waals surface area contributed by atoms with Gasteiger partial charge in [0.1, 0.15) is 12.4 Å². The molecule has 1 fully saturated rings. The monoisotopic (exact) mass is 292 g/mol. The van der Waals surface area contributed by atoms with Gasteiger partial charge < -0.3 is 20.6 Å². The van der Waals surface area contributed by atoms with Crippen molar-refractivity contribution < 1.29 is 9.94 Å². The smallest absolute Gasteiger partial charge is 0.170 e. The molecule has 6 nitrogen and oxygen atoms in total. The minimum absolute atomic E-state index is 0.104. The SMILES string of the molecule is CC1CN(C)CCN1CCOc1ccc(/C(N)=N/O)cc1. The van der Waals surface area contributed by atoms with Gasteiger partial charge in [-0.25, -0.2) is 0 Å². The van der Waals surface area contributed by atoms with Crippen LogP contribution in [0.25, 0.3) is 0 Å². The Morgan fingerprint density at radius 3 is 2.71 bits per heavy atom. The van der Waals surface area contributed by atoms with Crippen LogP contribution in [0.3, 0.4) is 0 Å². The van der Waals surface area contributed by atoms with E-state index in [0.29, 0.717) is 18.2 Å². The molecule has 1 unspecified atom stereocenters. The number of hydrogen-bond donors (Lipinski definition) is 2. The summed E-state index contributed by atoms with van der Waals surface area (Å²) in [7, 11) is 2.16. The lowest BCUT2D eigenvalue weighted by atomic mass is 10.2. The van der Waals surface area contributed by atoms with Crippen molar-refractivity contribution in [3.05, 3.63) is 29.8 Å². The Hall–Kier alpha value is -1.79. The number of hydrogen-bond acceptors (Lipinski definition) is 5. The van der Waals surface area contributed by atoms with Gasteiger partial charge in [-0.1, -0.05) is 5.16 Å². The first-order valence-electron chi connectivity index (χ1n) is 7.23. The van der Waals surface area contributed by atoms with Crippen molar-refractivity contribution in [3.8, 4) is 5.75 Å². The van der Waals surface area contributed by atoms with E-state index in [9.17, 15) is 0 Å². The number of ether oxygens (including phenoxy) is 1. The number of oxime groups is 1. The fourth-order valence-electron chi connectivity index (χ4n) is 2.57. The molecule has 1 heterocycles. The van der Waals surface area contributed by atoms with Crippen molar-refractivity contribution in [2.24, 2.45) is 10.9 Å². The second-order valence-electron chi connectivity index (χ2n) is 5.51. The van der Waals surface area contributed by atoms with Crippen LogP contribution in [0.1, 0.15) is 12.5 Å². The molecule has 0 amide bonds. The molecule has 2 rings (SSSR count). The first-order valence-corrected chi connectivity index (χ1v) is 7.23. The lowest BCUT2D eigenvalue weighted by Gasteiger charge is -2.38. The maximum Gasteiger partial charge on any atom is 0.170 e. The first kappa shape index (κ1) is 15.6. The van der Waals surface area contributed by atoms with Gasteiger partial charge in [-0.05, 0) is 38.2 Å². The Balaban J connectivity index is 1.78. The quantitative estimate of drug-likeness (QED) is 0.363. The summed E-state index contributed by atoms with van der Waals surface area (Å²) >= 11 is 0. The largest absolute Gasteiger partial charge is 0.492 e. The average Bonchev–Trinajstić information content (AvgIpc) is 2.49. The summed E-state index contributed by atoms with van der Waals surface area (Å²) in [4.78, 5) is 4.80. The van der Waals surface area contributed by atoms with Gasteiger partial charge >= 0.3 is 0 Å². The van der Waals surface area contributed by atoms with E-state index in [-0.39, 0.29) is 5.84 Å². The van der Waals surface area contributed by atoms with Crippen molar-refractivity contribution in [1.82, 2.24) is 9.80 Å². The van der Waals surface area contributed by atoms with Gasteiger partial charge in [0.15, 0.2) is 5.84 Å². The second kappa shape index (κ2) is 7.28. The molecule has 116 valence electrons. The molecule has 1 aliphatic rings. The number of benzene rings is 1. The normalized spacial score (nSPS) is 21.4. The third kappa shape index (κ3) is 4.34. The number of rotatable bonds is 5. The van der Waals surface area contributed by atoms with E-state index in [2.05, 4.69) is 28.9 Å². The molecule has 0 radical (unpaired) electrons. The molecular weight excluding hydrogens is 268 g/mol. The van der Waals surface area contributed by atoms with Crippen molar-refractivity contribution >= 4 is 5.84 Å². The Labute approximate surface area is 125 Å². The summed E-state index contributed by atoms with van der Waals surface area (Å²) in [5, 5.41) is 11.6. The van der Waals surface area contributed by atoms with Crippen LogP contribution in [-0.2, 0) is 0 Å². The number of nitrogens with zero attached hydrogens (tertiary/aromatic N) is 3. The number of nitrogens with two attached hydrogens (primary N) is 1. The highest BCUT2D eigenvalue weighted by molar-refractivity contribution is 5.97. The van der Waals surface area contributed by atoms with E-state index in [4.69, 9.17) is 15.7 Å². The van der Waals surface area contributed by atoms with Gasteiger partial charge in [0.05, 0.1) is 0 Å². The van der Waals surface area contributed by atoms with Gasteiger partial charge in [0.25, 0.3) is 0 Å². The summed E-state index contributed by atoms with van der Waals surface area (Å²) in [6.07, 6.45) is 0. The van der Waals surface area contributed by atoms with Gasteiger partial charge in [0.2, 0.25) is 0 Å². The zero-order chi connectivity index (χ0) is 15.2. The summed E-state index contributed by atoms with van der Waals surface area (Å²) < 4.78 is 5.75. The Bertz CT molecular complexity index is 475. The maximum absolute atomic E-state index is 8.61. The Kier molecular flexibility index (Phi) is 5.41. The lowest BCUT2D eigenvalue weighted by molar-refractivity contribution is 0.0858. The van der Waals surface area contributed by atoms with E-state index in [1.165, 1.54) is 0 Å². The topological polar surface area (TPSA) is 74.3 Å². The van der Waals surface area contributed by atoms with Gasteiger partial charge in [0, 0.05) is 37.8 Å². The van der Waals surface area contributed by atoms with Crippen LogP contribution < -0.4 is 10.5 Å². The predicted octanol–water partition coefficient (Wildman–Crippen LogP) is 0.796. The molecule has 0 bridgehead atoms. The average molecular weight is 292 g/mol. The Morgan fingerprint density at radius 1 is 1.38 bits per heavy atom. The van der Waals surface area contributed by atoms with Crippen molar-refractivity contribution in [3.63, 3.8) is 0 Å². The van der Waals surface area contributed by atoms with Crippen LogP contribution in [0.2, 0.25) is 0 Å². The maximum atomic E-state index is 8.61. The molecule has 0 aliphatic carbocycles. The Morgan fingerprint density at radius 2 is 2.10 bits per heavy atom. The van der Waals surface area contributed by atoms with Crippen LogP contribution in [0, 0.1) is 0 Å². The summed E-state index contributed by atoms with van der Waals surface area (Å²) in [6, 6.07) is 7.79. The van der Waals surface area contributed by atoms with Crippen LogP contribution in [0.15, 0.2) is 29.4 Å². The second-order valence-corrected chi connectivity index (χ2v) is 5.51. The minimum atomic E-state index is 0.104. The van der Waals surface area contributed by atoms with E-state index in [0.717, 1.165) is 31.9 Å². The van der Waals surface area contributed by atoms with Crippen molar-refractivity contribution in [2.45, 2.75) is 13.0 Å². The van der Waals surface area contributed by atoms with Crippen molar-refractivity contribution in [2.75, 3.05) is 39.8 Å². The van der Waals surface area contributed by atoms with E-state index in [1.807, 2.05) is 12.1 Å². The van der Waals surface area contributed by atoms with Crippen LogP contribution in [0.4, 0.5) is 0 Å². The molecule has 1 aromatic carbocycles. The summed E-state index contributed by atoms with van der Waals surface area (Å²) in [6.45, 7) is 7.15. The van der Waals surface area contributed by atoms with E-state index >= 15 is 0 Å². The molecule has 0 saturated carbocycles. The van der Waals surface area contributed by atoms with Gasteiger partial charge in [-0.2, -0.15) is 0 Å². The number of piperazine rings is 1. The third-order valence-corrected chi connectivity index (χ3v) is 3.87. The molecule has 1 saturated heterocycles. The summed E-state index contributed by atoms with van der Waals surface area (Å²) in [5.74, 6) is 0.902. The molecule has 1 aromatic rings. The van der Waals surface area contributed by atoms with Crippen molar-refractivity contribution in [1.29, 1.82) is 0 Å². The molecule has 6 heteroatoms. The molecule has 0 aromatic heterocycles. The number of likely N-dealkylation sites (N-methyl/N-ethyl adjacent to an activating group) is 1. The van der Waals surface area contributed by atoms with E-state index < -0.39 is 0 Å². The fraction of sp³-hybridized carbons (Fsp3) is 0.533. The zero-order valence-corrected chi connectivity index (χ0v) is 12.7. The highest BCUT2D eigenvalue weighted by Gasteiger charge is 2.20. The van der Waals surface area contributed by atoms with Gasteiger partial charge in [-0.3, -0.25) is 4.90 Å². The highest BCUT2D eigenvalue weighted by Crippen LogP contribution is 2.13. The third-order valence-electron chi connectivity index (χ3n) is 3.87. The molecule has 1 aliphatic heterocycles. The molecule has 0 spiro atoms. The van der Waals surface area contributed by atoms with E-state index in [1.54, 1.807) is 12.1 Å². The number of amidine groups is 1. The molecule has 1 atom stereocenters. The summed E-state index contributed by atoms with van der Waals surface area (Å²) in [5.41, 5.74) is 6.20. The first-order chi connectivity index (χ1) is 10.1. The molecule has 21 heavy (non-hydrogen) atoms. The molecule has 3 N–H and O–H groups in total.